The zero-order chi connectivity index (χ0) is 15.5. The summed E-state index contributed by atoms with van der Waals surface area (Å²) in [6.45, 7) is 8.66. The van der Waals surface area contributed by atoms with Gasteiger partial charge in [-0.15, -0.1) is 0 Å². The van der Waals surface area contributed by atoms with Gasteiger partial charge in [0.25, 0.3) is 5.91 Å². The average Bonchev–Trinajstić information content (AvgIpc) is 3.27. The van der Waals surface area contributed by atoms with Crippen LogP contribution in [0.3, 0.4) is 0 Å². The van der Waals surface area contributed by atoms with Gasteiger partial charge in [-0.3, -0.25) is 4.79 Å². The highest BCUT2D eigenvalue weighted by Gasteiger charge is 2.48. The van der Waals surface area contributed by atoms with E-state index in [9.17, 15) is 4.79 Å². The number of nitrogens with one attached hydrogen (secondary N) is 1. The molecule has 1 heterocycles. The van der Waals surface area contributed by atoms with E-state index in [-0.39, 0.29) is 5.91 Å². The van der Waals surface area contributed by atoms with Crippen LogP contribution >= 0.6 is 0 Å². The number of carbonyl (C=O) groups is 1. The van der Waals surface area contributed by atoms with Gasteiger partial charge in [0.05, 0.1) is 18.0 Å². The van der Waals surface area contributed by atoms with Crippen molar-refractivity contribution in [2.75, 3.05) is 18.5 Å². The van der Waals surface area contributed by atoms with Crippen LogP contribution in [0.5, 0.6) is 5.88 Å². The van der Waals surface area contributed by atoms with Crippen LogP contribution in [0.15, 0.2) is 12.1 Å². The Morgan fingerprint density at radius 1 is 1.38 bits per heavy atom. The van der Waals surface area contributed by atoms with Gasteiger partial charge in [-0.05, 0) is 52.5 Å². The quantitative estimate of drug-likeness (QED) is 0.839. The normalized spacial score (nSPS) is 17.1. The summed E-state index contributed by atoms with van der Waals surface area (Å²) in [5, 5.41) is 2.94. The molecular formula is C16H24N2O3. The first-order valence-corrected chi connectivity index (χ1v) is 7.57. The number of anilines is 1. The second kappa shape index (κ2) is 6.43. The molecule has 1 saturated carbocycles. The third-order valence-corrected chi connectivity index (χ3v) is 3.85. The maximum atomic E-state index is 12.6. The van der Waals surface area contributed by atoms with E-state index in [0.29, 0.717) is 30.7 Å². The molecule has 5 nitrogen and oxygen atoms in total. The first-order valence-electron chi connectivity index (χ1n) is 7.57. The van der Waals surface area contributed by atoms with Crippen molar-refractivity contribution in [2.24, 2.45) is 5.92 Å². The SMILES string of the molecule is CCOc1ccc(NC(=O)C(C)(OCC)C2CC2)c(C)n1. The van der Waals surface area contributed by atoms with Crippen LogP contribution in [0.25, 0.3) is 0 Å². The van der Waals surface area contributed by atoms with Gasteiger partial charge in [-0.25, -0.2) is 4.98 Å². The number of amides is 1. The topological polar surface area (TPSA) is 60.5 Å². The standard InChI is InChI=1S/C16H24N2O3/c1-5-20-14-10-9-13(11(3)17-14)18-15(19)16(4,21-6-2)12-7-8-12/h9-10,12H,5-8H2,1-4H3,(H,18,19). The van der Waals surface area contributed by atoms with Gasteiger partial charge in [0.15, 0.2) is 0 Å². The van der Waals surface area contributed by atoms with Crippen molar-refractivity contribution in [1.29, 1.82) is 0 Å². The fourth-order valence-electron chi connectivity index (χ4n) is 2.45. The van der Waals surface area contributed by atoms with E-state index in [1.165, 1.54) is 0 Å². The van der Waals surface area contributed by atoms with Gasteiger partial charge in [0.1, 0.15) is 5.60 Å². The molecule has 0 bridgehead atoms. The molecule has 0 radical (unpaired) electrons. The number of pyridine rings is 1. The minimum atomic E-state index is -0.750. The van der Waals surface area contributed by atoms with Crippen LogP contribution < -0.4 is 10.1 Å². The van der Waals surface area contributed by atoms with E-state index in [1.807, 2.05) is 33.8 Å². The summed E-state index contributed by atoms with van der Waals surface area (Å²) >= 11 is 0. The highest BCUT2D eigenvalue weighted by molar-refractivity contribution is 5.98. The van der Waals surface area contributed by atoms with Crippen molar-refractivity contribution in [3.63, 3.8) is 0 Å². The van der Waals surface area contributed by atoms with Gasteiger partial charge < -0.3 is 14.8 Å². The lowest BCUT2D eigenvalue weighted by molar-refractivity contribution is -0.141. The van der Waals surface area contributed by atoms with E-state index in [1.54, 1.807) is 6.07 Å². The molecule has 0 saturated heterocycles. The minimum Gasteiger partial charge on any atom is -0.478 e. The van der Waals surface area contributed by atoms with E-state index >= 15 is 0 Å². The summed E-state index contributed by atoms with van der Waals surface area (Å²) in [5.74, 6) is 0.789. The van der Waals surface area contributed by atoms with Crippen LogP contribution in [0.1, 0.15) is 39.3 Å². The average molecular weight is 292 g/mol. The van der Waals surface area contributed by atoms with Crippen LogP contribution in [-0.2, 0) is 9.53 Å². The van der Waals surface area contributed by atoms with Crippen molar-refractivity contribution in [2.45, 2.75) is 46.1 Å². The molecule has 0 aliphatic heterocycles. The molecule has 1 atom stereocenters. The Kier molecular flexibility index (Phi) is 4.83. The number of aromatic nitrogens is 1. The third-order valence-electron chi connectivity index (χ3n) is 3.85. The number of ether oxygens (including phenoxy) is 2. The molecule has 0 aromatic carbocycles. The van der Waals surface area contributed by atoms with Crippen molar-refractivity contribution >= 4 is 11.6 Å². The summed E-state index contributed by atoms with van der Waals surface area (Å²) in [6, 6.07) is 3.59. The highest BCUT2D eigenvalue weighted by atomic mass is 16.5. The molecule has 0 spiro atoms. The number of hydrogen-bond donors (Lipinski definition) is 1. The van der Waals surface area contributed by atoms with E-state index < -0.39 is 5.60 Å². The van der Waals surface area contributed by atoms with E-state index in [2.05, 4.69) is 10.3 Å². The third kappa shape index (κ3) is 3.53. The Labute approximate surface area is 126 Å². The van der Waals surface area contributed by atoms with Crippen LogP contribution in [0, 0.1) is 12.8 Å². The van der Waals surface area contributed by atoms with Gasteiger partial charge in [-0.1, -0.05) is 0 Å². The Morgan fingerprint density at radius 3 is 2.62 bits per heavy atom. The molecule has 21 heavy (non-hydrogen) atoms. The van der Waals surface area contributed by atoms with Crippen LogP contribution in [0.4, 0.5) is 5.69 Å². The van der Waals surface area contributed by atoms with E-state index in [0.717, 1.165) is 18.5 Å². The first-order chi connectivity index (χ1) is 10.0. The van der Waals surface area contributed by atoms with Crippen molar-refractivity contribution in [3.8, 4) is 5.88 Å². The lowest BCUT2D eigenvalue weighted by Gasteiger charge is -2.28. The molecule has 116 valence electrons. The Morgan fingerprint density at radius 2 is 2.10 bits per heavy atom. The predicted octanol–water partition coefficient (Wildman–Crippen LogP) is 2.93. The molecule has 1 aliphatic rings. The Hall–Kier alpha value is -1.62. The zero-order valence-electron chi connectivity index (χ0n) is 13.2. The lowest BCUT2D eigenvalue weighted by Crippen LogP contribution is -2.45. The molecule has 1 unspecified atom stereocenters. The fraction of sp³-hybridized carbons (Fsp3) is 0.625. The van der Waals surface area contributed by atoms with Crippen LogP contribution in [0.2, 0.25) is 0 Å². The Bertz CT molecular complexity index is 514. The number of nitrogens with zero attached hydrogens (tertiary/aromatic N) is 1. The second-order valence-corrected chi connectivity index (χ2v) is 5.48. The minimum absolute atomic E-state index is 0.0964. The molecule has 1 N–H and O–H groups in total. The van der Waals surface area contributed by atoms with Crippen LogP contribution in [-0.4, -0.2) is 29.7 Å². The fourth-order valence-corrected chi connectivity index (χ4v) is 2.45. The Balaban J connectivity index is 2.11. The van der Waals surface area contributed by atoms with Gasteiger partial charge in [-0.2, -0.15) is 0 Å². The smallest absolute Gasteiger partial charge is 0.256 e. The van der Waals surface area contributed by atoms with Gasteiger partial charge in [0.2, 0.25) is 5.88 Å². The predicted molar refractivity (Wildman–Crippen MR) is 81.5 cm³/mol. The van der Waals surface area contributed by atoms with E-state index in [4.69, 9.17) is 9.47 Å². The number of hydrogen-bond acceptors (Lipinski definition) is 4. The number of rotatable bonds is 7. The largest absolute Gasteiger partial charge is 0.478 e. The van der Waals surface area contributed by atoms with Crippen molar-refractivity contribution in [1.82, 2.24) is 4.98 Å². The summed E-state index contributed by atoms with van der Waals surface area (Å²) < 4.78 is 11.1. The second-order valence-electron chi connectivity index (χ2n) is 5.48. The number of carbonyl (C=O) groups excluding carboxylic acids is 1. The molecule has 1 aromatic heterocycles. The molecule has 1 amide bonds. The van der Waals surface area contributed by atoms with Gasteiger partial charge in [0, 0.05) is 12.7 Å². The maximum absolute atomic E-state index is 12.6. The maximum Gasteiger partial charge on any atom is 0.256 e. The molecule has 1 aromatic rings. The molecular weight excluding hydrogens is 268 g/mol. The summed E-state index contributed by atoms with van der Waals surface area (Å²) in [7, 11) is 0. The lowest BCUT2D eigenvalue weighted by atomic mass is 9.98. The summed E-state index contributed by atoms with van der Waals surface area (Å²) in [5.41, 5.74) is 0.693. The van der Waals surface area contributed by atoms with Crippen molar-refractivity contribution in [3.05, 3.63) is 17.8 Å². The summed E-state index contributed by atoms with van der Waals surface area (Å²) in [6.07, 6.45) is 2.09. The monoisotopic (exact) mass is 292 g/mol. The zero-order valence-corrected chi connectivity index (χ0v) is 13.2. The first kappa shape index (κ1) is 15.8. The molecule has 5 heteroatoms. The molecule has 2 rings (SSSR count). The molecule has 1 aliphatic carbocycles. The summed E-state index contributed by atoms with van der Waals surface area (Å²) in [4.78, 5) is 16.9. The molecule has 1 fully saturated rings. The highest BCUT2D eigenvalue weighted by Crippen LogP contribution is 2.42. The van der Waals surface area contributed by atoms with Gasteiger partial charge >= 0.3 is 0 Å². The number of aryl methyl sites for hydroxylation is 1. The van der Waals surface area contributed by atoms with Crippen molar-refractivity contribution < 1.29 is 14.3 Å².